The molecule has 0 bridgehead atoms. The Morgan fingerprint density at radius 3 is 2.18 bits per heavy atom. The number of halogens is 1. The Bertz CT molecular complexity index is 258. The van der Waals surface area contributed by atoms with E-state index in [4.69, 9.17) is 0 Å². The lowest BCUT2D eigenvalue weighted by Crippen LogP contribution is -2.12. The molecule has 1 heterocycles. The van der Waals surface area contributed by atoms with E-state index in [0.717, 1.165) is 10.3 Å². The number of aromatic nitrogens is 2. The quantitative estimate of drug-likeness (QED) is 0.652. The molecule has 0 saturated carbocycles. The van der Waals surface area contributed by atoms with Gasteiger partial charge >= 0.3 is 0 Å². The molecule has 0 aliphatic heterocycles. The molecule has 0 atom stereocenters. The van der Waals surface area contributed by atoms with Crippen molar-refractivity contribution in [2.45, 2.75) is 26.2 Å². The highest BCUT2D eigenvalue weighted by Crippen LogP contribution is 2.27. The van der Waals surface area contributed by atoms with Crippen LogP contribution in [0, 0.1) is 0 Å². The molecule has 0 spiro atoms. The van der Waals surface area contributed by atoms with Gasteiger partial charge in [-0.2, -0.15) is 0 Å². The van der Waals surface area contributed by atoms with E-state index in [1.165, 1.54) is 0 Å². The largest absolute Gasteiger partial charge is 0.328 e. The van der Waals surface area contributed by atoms with E-state index in [1.54, 1.807) is 0 Å². The van der Waals surface area contributed by atoms with Crippen LogP contribution in [-0.2, 0) is 12.5 Å². The molecule has 1 aromatic heterocycles. The number of rotatable bonds is 0. The predicted octanol–water partition coefficient (Wildman–Crippen LogP) is 2.48. The topological polar surface area (TPSA) is 17.8 Å². The second kappa shape index (κ2) is 2.63. The molecular weight excluding hydrogens is 204 g/mol. The molecule has 11 heavy (non-hydrogen) atoms. The maximum absolute atomic E-state index is 4.30. The minimum absolute atomic E-state index is 0.125. The van der Waals surface area contributed by atoms with Crippen molar-refractivity contribution in [2.75, 3.05) is 0 Å². The van der Waals surface area contributed by atoms with Gasteiger partial charge in [-0.3, -0.25) is 0 Å². The Kier molecular flexibility index (Phi) is 2.10. The van der Waals surface area contributed by atoms with Crippen molar-refractivity contribution in [1.29, 1.82) is 0 Å². The second-order valence-electron chi connectivity index (χ2n) is 3.74. The van der Waals surface area contributed by atoms with Gasteiger partial charge in [-0.25, -0.2) is 4.98 Å². The lowest BCUT2D eigenvalue weighted by Gasteiger charge is -2.15. The van der Waals surface area contributed by atoms with Gasteiger partial charge in [0, 0.05) is 12.5 Å². The summed E-state index contributed by atoms with van der Waals surface area (Å²) < 4.78 is 3.05. The third-order valence-corrected chi connectivity index (χ3v) is 2.51. The fraction of sp³-hybridized carbons (Fsp3) is 0.625. The summed E-state index contributed by atoms with van der Waals surface area (Å²) in [5, 5.41) is 0. The number of hydrogen-bond acceptors (Lipinski definition) is 1. The van der Waals surface area contributed by atoms with E-state index < -0.39 is 0 Å². The zero-order valence-corrected chi connectivity index (χ0v) is 8.94. The lowest BCUT2D eigenvalue weighted by molar-refractivity contribution is 0.567. The Hall–Kier alpha value is -0.310. The fourth-order valence-corrected chi connectivity index (χ4v) is 1.71. The van der Waals surface area contributed by atoms with Gasteiger partial charge < -0.3 is 4.57 Å². The van der Waals surface area contributed by atoms with E-state index in [-0.39, 0.29) is 5.41 Å². The van der Waals surface area contributed by atoms with E-state index in [2.05, 4.69) is 41.7 Å². The summed E-state index contributed by atoms with van der Waals surface area (Å²) >= 11 is 3.49. The van der Waals surface area contributed by atoms with Crippen molar-refractivity contribution in [3.8, 4) is 0 Å². The lowest BCUT2D eigenvalue weighted by atomic mass is 9.93. The van der Waals surface area contributed by atoms with Crippen molar-refractivity contribution < 1.29 is 0 Å². The monoisotopic (exact) mass is 216 g/mol. The minimum atomic E-state index is 0.125. The summed E-state index contributed by atoms with van der Waals surface area (Å²) in [5.41, 5.74) is 1.24. The third-order valence-electron chi connectivity index (χ3n) is 1.58. The molecule has 0 aliphatic carbocycles. The summed E-state index contributed by atoms with van der Waals surface area (Å²) in [4.78, 5) is 4.30. The Morgan fingerprint density at radius 1 is 1.45 bits per heavy atom. The van der Waals surface area contributed by atoms with Gasteiger partial charge in [0.05, 0.1) is 12.0 Å². The predicted molar refractivity (Wildman–Crippen MR) is 49.6 cm³/mol. The van der Waals surface area contributed by atoms with E-state index in [1.807, 2.05) is 17.9 Å². The van der Waals surface area contributed by atoms with Crippen molar-refractivity contribution in [3.05, 3.63) is 16.6 Å². The molecule has 3 heteroatoms. The summed E-state index contributed by atoms with van der Waals surface area (Å²) in [6.45, 7) is 6.46. The first kappa shape index (κ1) is 8.78. The van der Waals surface area contributed by atoms with E-state index in [9.17, 15) is 0 Å². The first-order chi connectivity index (χ1) is 4.93. The summed E-state index contributed by atoms with van der Waals surface area (Å²) in [6.07, 6.45) is 1.82. The minimum Gasteiger partial charge on any atom is -0.328 e. The molecule has 0 fully saturated rings. The first-order valence-corrected chi connectivity index (χ1v) is 4.39. The van der Waals surface area contributed by atoms with Gasteiger partial charge in [0.25, 0.3) is 0 Å². The van der Waals surface area contributed by atoms with Gasteiger partial charge in [0.1, 0.15) is 4.60 Å². The van der Waals surface area contributed by atoms with Crippen molar-refractivity contribution in [2.24, 2.45) is 7.05 Å². The smallest absolute Gasteiger partial charge is 0.108 e. The van der Waals surface area contributed by atoms with Crippen LogP contribution in [0.2, 0.25) is 0 Å². The Balaban J connectivity index is 3.15. The summed E-state index contributed by atoms with van der Waals surface area (Å²) in [7, 11) is 1.98. The van der Waals surface area contributed by atoms with Gasteiger partial charge in [-0.15, -0.1) is 0 Å². The molecule has 0 aromatic carbocycles. The highest BCUT2D eigenvalue weighted by molar-refractivity contribution is 9.10. The molecule has 62 valence electrons. The maximum atomic E-state index is 4.30. The van der Waals surface area contributed by atoms with Crippen LogP contribution in [0.3, 0.4) is 0 Å². The molecule has 0 aliphatic rings. The fourth-order valence-electron chi connectivity index (χ4n) is 0.918. The van der Waals surface area contributed by atoms with Gasteiger partial charge in [-0.05, 0) is 15.9 Å². The number of nitrogens with zero attached hydrogens (tertiary/aromatic N) is 2. The molecule has 2 nitrogen and oxygen atoms in total. The van der Waals surface area contributed by atoms with Crippen LogP contribution >= 0.6 is 15.9 Å². The van der Waals surface area contributed by atoms with Crippen molar-refractivity contribution >= 4 is 15.9 Å². The molecule has 0 radical (unpaired) electrons. The van der Waals surface area contributed by atoms with Crippen LogP contribution in [0.25, 0.3) is 0 Å². The van der Waals surface area contributed by atoms with Gasteiger partial charge in [-0.1, -0.05) is 20.8 Å². The van der Waals surface area contributed by atoms with Crippen LogP contribution in [0.4, 0.5) is 0 Å². The van der Waals surface area contributed by atoms with Crippen molar-refractivity contribution in [3.63, 3.8) is 0 Å². The summed E-state index contributed by atoms with van der Waals surface area (Å²) in [5.74, 6) is 0. The normalized spacial score (nSPS) is 12.1. The molecular formula is C8H13BrN2. The molecule has 0 N–H and O–H groups in total. The molecule has 1 rings (SSSR count). The molecule has 0 amide bonds. The maximum Gasteiger partial charge on any atom is 0.108 e. The SMILES string of the molecule is Cn1cnc(C(C)(C)C)c1Br. The Morgan fingerprint density at radius 2 is 2.00 bits per heavy atom. The molecule has 0 saturated heterocycles. The number of hydrogen-bond donors (Lipinski definition) is 0. The standard InChI is InChI=1S/C8H13BrN2/c1-8(2,3)6-7(9)11(4)5-10-6/h5H,1-4H3. The zero-order valence-electron chi connectivity index (χ0n) is 7.35. The van der Waals surface area contributed by atoms with Crippen LogP contribution in [-0.4, -0.2) is 9.55 Å². The van der Waals surface area contributed by atoms with Gasteiger partial charge in [0.2, 0.25) is 0 Å². The van der Waals surface area contributed by atoms with Crippen molar-refractivity contribution in [1.82, 2.24) is 9.55 Å². The average Bonchev–Trinajstić information content (AvgIpc) is 2.11. The second-order valence-corrected chi connectivity index (χ2v) is 4.50. The number of aryl methyl sites for hydroxylation is 1. The van der Waals surface area contributed by atoms with Crippen LogP contribution < -0.4 is 0 Å². The van der Waals surface area contributed by atoms with Gasteiger partial charge in [0.15, 0.2) is 0 Å². The Labute approximate surface area is 75.8 Å². The molecule has 1 aromatic rings. The van der Waals surface area contributed by atoms with Crippen LogP contribution in [0.5, 0.6) is 0 Å². The average molecular weight is 217 g/mol. The van der Waals surface area contributed by atoms with E-state index >= 15 is 0 Å². The van der Waals surface area contributed by atoms with E-state index in [0.29, 0.717) is 0 Å². The van der Waals surface area contributed by atoms with Crippen LogP contribution in [0.1, 0.15) is 26.5 Å². The number of imidazole rings is 1. The van der Waals surface area contributed by atoms with Crippen LogP contribution in [0.15, 0.2) is 10.9 Å². The highest BCUT2D eigenvalue weighted by atomic mass is 79.9. The molecule has 0 unspecified atom stereocenters. The summed E-state index contributed by atoms with van der Waals surface area (Å²) in [6, 6.07) is 0. The zero-order chi connectivity index (χ0) is 8.65. The highest BCUT2D eigenvalue weighted by Gasteiger charge is 2.20. The third kappa shape index (κ3) is 1.64. The first-order valence-electron chi connectivity index (χ1n) is 3.60.